The van der Waals surface area contributed by atoms with E-state index in [4.69, 9.17) is 18.7 Å². The van der Waals surface area contributed by atoms with Crippen molar-refractivity contribution in [2.75, 3.05) is 13.2 Å². The molecule has 20 heavy (non-hydrogen) atoms. The van der Waals surface area contributed by atoms with Crippen molar-refractivity contribution in [3.63, 3.8) is 0 Å². The van der Waals surface area contributed by atoms with E-state index in [9.17, 15) is 0 Å². The smallest absolute Gasteiger partial charge is 0.361 e. The molecule has 0 heterocycles. The Morgan fingerprint density at radius 3 is 2.05 bits per heavy atom. The fraction of sp³-hybridized carbons (Fsp3) is 0.600. The fourth-order valence-electron chi connectivity index (χ4n) is 2.11. The molecule has 114 valence electrons. The Balaban J connectivity index is 2.81. The zero-order chi connectivity index (χ0) is 15.1. The summed E-state index contributed by atoms with van der Waals surface area (Å²) in [5.74, 6) is 0. The summed E-state index contributed by atoms with van der Waals surface area (Å²) in [4.78, 5) is 0. The standard InChI is InChI=1S/C15H27NO3Si/c1-5-15(4,13-14-11-9-8-10-12-14)19-20(16,17-6-2)18-7-3/h8-12H,5-7,13,16H2,1-4H3. The van der Waals surface area contributed by atoms with Gasteiger partial charge in [-0.1, -0.05) is 37.3 Å². The summed E-state index contributed by atoms with van der Waals surface area (Å²) in [5.41, 5.74) is 0.841. The Morgan fingerprint density at radius 2 is 1.60 bits per heavy atom. The molecule has 1 aromatic rings. The van der Waals surface area contributed by atoms with Gasteiger partial charge < -0.3 is 13.3 Å². The molecule has 1 aromatic carbocycles. The first-order valence-electron chi connectivity index (χ1n) is 7.28. The molecule has 0 aliphatic carbocycles. The van der Waals surface area contributed by atoms with Crippen LogP contribution in [0.2, 0.25) is 0 Å². The molecule has 0 radical (unpaired) electrons. The summed E-state index contributed by atoms with van der Waals surface area (Å²) in [5, 5.41) is 6.21. The minimum absolute atomic E-state index is 0.382. The van der Waals surface area contributed by atoms with Crippen LogP contribution in [0.25, 0.3) is 0 Å². The Kier molecular flexibility index (Phi) is 6.85. The molecule has 5 heteroatoms. The molecule has 0 bridgehead atoms. The van der Waals surface area contributed by atoms with Crippen LogP contribution in [0.15, 0.2) is 30.3 Å². The summed E-state index contributed by atoms with van der Waals surface area (Å²) < 4.78 is 17.3. The summed E-state index contributed by atoms with van der Waals surface area (Å²) in [7, 11) is -3.06. The van der Waals surface area contributed by atoms with Gasteiger partial charge in [-0.3, -0.25) is 5.40 Å². The molecule has 2 N–H and O–H groups in total. The molecule has 0 fully saturated rings. The Morgan fingerprint density at radius 1 is 1.05 bits per heavy atom. The molecule has 0 saturated carbocycles. The van der Waals surface area contributed by atoms with Crippen LogP contribution >= 0.6 is 0 Å². The lowest BCUT2D eigenvalue weighted by Gasteiger charge is -2.36. The minimum atomic E-state index is -3.06. The Hall–Kier alpha value is -0.723. The van der Waals surface area contributed by atoms with E-state index >= 15 is 0 Å². The molecule has 1 rings (SSSR count). The van der Waals surface area contributed by atoms with Gasteiger partial charge in [-0.15, -0.1) is 0 Å². The van der Waals surface area contributed by atoms with Gasteiger partial charge in [0.1, 0.15) is 0 Å². The van der Waals surface area contributed by atoms with E-state index < -0.39 is 8.97 Å². The second-order valence-corrected chi connectivity index (χ2v) is 7.03. The summed E-state index contributed by atoms with van der Waals surface area (Å²) in [6, 6.07) is 10.3. The zero-order valence-electron chi connectivity index (χ0n) is 13.0. The molecule has 1 atom stereocenters. The first-order chi connectivity index (χ1) is 9.47. The van der Waals surface area contributed by atoms with Crippen LogP contribution < -0.4 is 5.40 Å². The predicted molar refractivity (Wildman–Crippen MR) is 83.1 cm³/mol. The average Bonchev–Trinajstić information content (AvgIpc) is 2.40. The van der Waals surface area contributed by atoms with E-state index in [2.05, 4.69) is 26.0 Å². The van der Waals surface area contributed by atoms with Gasteiger partial charge in [-0.05, 0) is 32.8 Å². The van der Waals surface area contributed by atoms with Crippen LogP contribution in [-0.2, 0) is 19.7 Å². The topological polar surface area (TPSA) is 53.7 Å². The van der Waals surface area contributed by atoms with Gasteiger partial charge in [0, 0.05) is 19.6 Å². The number of rotatable bonds is 9. The zero-order valence-corrected chi connectivity index (χ0v) is 14.0. The Bertz CT molecular complexity index is 382. The van der Waals surface area contributed by atoms with E-state index in [1.165, 1.54) is 5.56 Å². The van der Waals surface area contributed by atoms with Crippen molar-refractivity contribution in [1.82, 2.24) is 0 Å². The molecule has 4 nitrogen and oxygen atoms in total. The largest absolute Gasteiger partial charge is 0.594 e. The molecule has 0 amide bonds. The molecule has 0 spiro atoms. The van der Waals surface area contributed by atoms with Crippen molar-refractivity contribution < 1.29 is 13.3 Å². The highest BCUT2D eigenvalue weighted by Gasteiger charge is 2.43. The van der Waals surface area contributed by atoms with Crippen LogP contribution in [0.4, 0.5) is 0 Å². The molecular formula is C15H27NO3Si. The highest BCUT2D eigenvalue weighted by atomic mass is 28.4. The van der Waals surface area contributed by atoms with Gasteiger partial charge in [-0.25, -0.2) is 0 Å². The molecule has 0 saturated heterocycles. The van der Waals surface area contributed by atoms with E-state index in [1.54, 1.807) is 0 Å². The van der Waals surface area contributed by atoms with E-state index in [0.717, 1.165) is 12.8 Å². The van der Waals surface area contributed by atoms with Crippen LogP contribution in [-0.4, -0.2) is 27.8 Å². The quantitative estimate of drug-likeness (QED) is 0.712. The van der Waals surface area contributed by atoms with Gasteiger partial charge in [0.15, 0.2) is 0 Å². The van der Waals surface area contributed by atoms with Crippen molar-refractivity contribution in [2.24, 2.45) is 5.40 Å². The monoisotopic (exact) mass is 297 g/mol. The molecule has 0 aliphatic heterocycles. The second kappa shape index (κ2) is 7.90. The first kappa shape index (κ1) is 17.3. The van der Waals surface area contributed by atoms with Crippen LogP contribution in [0.5, 0.6) is 0 Å². The van der Waals surface area contributed by atoms with E-state index in [-0.39, 0.29) is 5.60 Å². The third-order valence-corrected chi connectivity index (χ3v) is 5.41. The van der Waals surface area contributed by atoms with Crippen molar-refractivity contribution in [3.05, 3.63) is 35.9 Å². The van der Waals surface area contributed by atoms with Gasteiger partial charge in [0.05, 0.1) is 5.60 Å². The predicted octanol–water partition coefficient (Wildman–Crippen LogP) is 2.88. The maximum atomic E-state index is 6.21. The van der Waals surface area contributed by atoms with Crippen molar-refractivity contribution >= 4 is 8.97 Å². The highest BCUT2D eigenvalue weighted by molar-refractivity contribution is 6.57. The lowest BCUT2D eigenvalue weighted by atomic mass is 9.94. The number of hydrogen-bond donors (Lipinski definition) is 1. The maximum absolute atomic E-state index is 6.21. The normalized spacial score (nSPS) is 15.1. The number of nitrogens with two attached hydrogens (primary N) is 1. The van der Waals surface area contributed by atoms with Crippen LogP contribution in [0.3, 0.4) is 0 Å². The first-order valence-corrected chi connectivity index (χ1v) is 9.08. The van der Waals surface area contributed by atoms with Crippen molar-refractivity contribution in [1.29, 1.82) is 0 Å². The van der Waals surface area contributed by atoms with Crippen LogP contribution in [0.1, 0.15) is 39.7 Å². The third kappa shape index (κ3) is 5.34. The van der Waals surface area contributed by atoms with Gasteiger partial charge in [-0.2, -0.15) is 0 Å². The summed E-state index contributed by atoms with van der Waals surface area (Å²) in [6.07, 6.45) is 1.63. The number of hydrogen-bond acceptors (Lipinski definition) is 4. The molecule has 1 unspecified atom stereocenters. The second-order valence-electron chi connectivity index (χ2n) is 5.04. The number of benzene rings is 1. The highest BCUT2D eigenvalue weighted by Crippen LogP contribution is 2.25. The molecule has 0 aromatic heterocycles. The van der Waals surface area contributed by atoms with Crippen molar-refractivity contribution in [2.45, 2.75) is 46.1 Å². The van der Waals surface area contributed by atoms with Crippen LogP contribution in [0, 0.1) is 0 Å². The lowest BCUT2D eigenvalue weighted by Crippen LogP contribution is -2.60. The van der Waals surface area contributed by atoms with Gasteiger partial charge in [0.25, 0.3) is 0 Å². The summed E-state index contributed by atoms with van der Waals surface area (Å²) >= 11 is 0. The van der Waals surface area contributed by atoms with E-state index in [1.807, 2.05) is 32.0 Å². The van der Waals surface area contributed by atoms with E-state index in [0.29, 0.717) is 13.2 Å². The molecular weight excluding hydrogens is 270 g/mol. The van der Waals surface area contributed by atoms with Gasteiger partial charge >= 0.3 is 8.97 Å². The third-order valence-electron chi connectivity index (χ3n) is 3.25. The molecule has 0 aliphatic rings. The fourth-order valence-corrected chi connectivity index (χ4v) is 4.02. The van der Waals surface area contributed by atoms with Crippen molar-refractivity contribution in [3.8, 4) is 0 Å². The minimum Gasteiger partial charge on any atom is -0.361 e. The SMILES string of the molecule is CCO[Si](N)(OCC)OC(C)(CC)Cc1ccccc1. The lowest BCUT2D eigenvalue weighted by molar-refractivity contribution is -0.0216. The van der Waals surface area contributed by atoms with Gasteiger partial charge in [0.2, 0.25) is 0 Å². The maximum Gasteiger partial charge on any atom is 0.594 e. The Labute approximate surface area is 123 Å². The summed E-state index contributed by atoms with van der Waals surface area (Å²) in [6.45, 7) is 8.94. The average molecular weight is 297 g/mol.